The SMILES string of the molecule is CCCCCC(F)(F)P(=O)(SCC)SCC. The van der Waals surface area contributed by atoms with Gasteiger partial charge in [0.05, 0.1) is 0 Å². The van der Waals surface area contributed by atoms with E-state index in [-0.39, 0.29) is 6.42 Å². The average molecular weight is 290 g/mol. The monoisotopic (exact) mass is 290 g/mol. The Morgan fingerprint density at radius 1 is 1.06 bits per heavy atom. The summed E-state index contributed by atoms with van der Waals surface area (Å²) in [5.41, 5.74) is -6.47. The highest BCUT2D eigenvalue weighted by atomic mass is 33.1. The van der Waals surface area contributed by atoms with Gasteiger partial charge in [0.1, 0.15) is 0 Å². The van der Waals surface area contributed by atoms with E-state index >= 15 is 0 Å². The number of halogens is 2. The van der Waals surface area contributed by atoms with Gasteiger partial charge in [-0.15, -0.1) is 0 Å². The summed E-state index contributed by atoms with van der Waals surface area (Å²) in [6.07, 6.45) is 1.91. The second kappa shape index (κ2) is 7.99. The lowest BCUT2D eigenvalue weighted by molar-refractivity contribution is 0.0824. The molecule has 0 aliphatic rings. The molecule has 0 spiro atoms. The molecule has 0 saturated heterocycles. The van der Waals surface area contributed by atoms with Crippen molar-refractivity contribution in [2.45, 2.75) is 52.1 Å². The minimum absolute atomic E-state index is 0.238. The summed E-state index contributed by atoms with van der Waals surface area (Å²) in [6, 6.07) is 0. The van der Waals surface area contributed by atoms with Crippen molar-refractivity contribution in [1.82, 2.24) is 0 Å². The van der Waals surface area contributed by atoms with E-state index in [2.05, 4.69) is 0 Å². The van der Waals surface area contributed by atoms with Crippen LogP contribution in [-0.2, 0) is 4.57 Å². The lowest BCUT2D eigenvalue weighted by Gasteiger charge is -2.25. The van der Waals surface area contributed by atoms with E-state index in [9.17, 15) is 13.3 Å². The molecule has 0 heterocycles. The number of hydrogen-bond donors (Lipinski definition) is 0. The first-order valence-electron chi connectivity index (χ1n) is 5.70. The highest BCUT2D eigenvalue weighted by Gasteiger charge is 2.49. The van der Waals surface area contributed by atoms with Crippen LogP contribution in [0.5, 0.6) is 0 Å². The Morgan fingerprint density at radius 3 is 1.94 bits per heavy atom. The molecule has 0 bridgehead atoms. The molecule has 0 unspecified atom stereocenters. The van der Waals surface area contributed by atoms with Gasteiger partial charge < -0.3 is 0 Å². The van der Waals surface area contributed by atoms with Gasteiger partial charge in [-0.3, -0.25) is 4.57 Å². The predicted molar refractivity (Wildman–Crippen MR) is 73.0 cm³/mol. The first kappa shape index (κ1) is 16.8. The van der Waals surface area contributed by atoms with Crippen molar-refractivity contribution in [3.8, 4) is 0 Å². The van der Waals surface area contributed by atoms with Crippen molar-refractivity contribution in [2.24, 2.45) is 0 Å². The van der Waals surface area contributed by atoms with Crippen LogP contribution >= 0.6 is 28.3 Å². The molecule has 1 nitrogen and oxygen atoms in total. The van der Waals surface area contributed by atoms with Crippen molar-refractivity contribution < 1.29 is 13.3 Å². The first-order chi connectivity index (χ1) is 7.43. The van der Waals surface area contributed by atoms with Crippen molar-refractivity contribution in [1.29, 1.82) is 0 Å². The lowest BCUT2D eigenvalue weighted by atomic mass is 10.2. The molecule has 0 atom stereocenters. The Morgan fingerprint density at radius 2 is 1.56 bits per heavy atom. The number of unbranched alkanes of at least 4 members (excludes halogenated alkanes) is 2. The van der Waals surface area contributed by atoms with E-state index < -0.39 is 11.2 Å². The predicted octanol–water partition coefficient (Wildman–Crippen LogP) is 5.86. The zero-order valence-electron chi connectivity index (χ0n) is 10.2. The van der Waals surface area contributed by atoms with Crippen LogP contribution in [0.4, 0.5) is 8.78 Å². The highest BCUT2D eigenvalue weighted by molar-refractivity contribution is 8.90. The summed E-state index contributed by atoms with van der Waals surface area (Å²) in [5.74, 6) is 0.960. The second-order valence-electron chi connectivity index (χ2n) is 3.46. The molecule has 0 saturated carbocycles. The number of alkyl halides is 2. The average Bonchev–Trinajstić information content (AvgIpc) is 2.18. The van der Waals surface area contributed by atoms with Gasteiger partial charge in [0.25, 0.3) is 5.55 Å². The van der Waals surface area contributed by atoms with Crippen LogP contribution in [-0.4, -0.2) is 17.2 Å². The molecule has 16 heavy (non-hydrogen) atoms. The number of hydrogen-bond acceptors (Lipinski definition) is 3. The van der Waals surface area contributed by atoms with E-state index in [0.29, 0.717) is 17.9 Å². The van der Waals surface area contributed by atoms with Crippen molar-refractivity contribution in [3.63, 3.8) is 0 Å². The first-order valence-corrected chi connectivity index (χ1v) is 10.6. The third kappa shape index (κ3) is 4.97. The lowest BCUT2D eigenvalue weighted by Crippen LogP contribution is -2.13. The van der Waals surface area contributed by atoms with Crippen LogP contribution in [0.2, 0.25) is 0 Å². The minimum Gasteiger partial charge on any atom is -0.294 e. The smallest absolute Gasteiger partial charge is 0.294 e. The van der Waals surface area contributed by atoms with Gasteiger partial charge in [-0.05, 0) is 17.9 Å². The summed E-state index contributed by atoms with van der Waals surface area (Å²) >= 11 is 1.87. The molecular weight excluding hydrogens is 269 g/mol. The van der Waals surface area contributed by atoms with E-state index in [1.807, 2.05) is 6.92 Å². The van der Waals surface area contributed by atoms with Crippen LogP contribution in [0.25, 0.3) is 0 Å². The van der Waals surface area contributed by atoms with E-state index in [1.54, 1.807) is 13.8 Å². The van der Waals surface area contributed by atoms with Gasteiger partial charge in [-0.1, -0.05) is 56.4 Å². The van der Waals surface area contributed by atoms with E-state index in [1.165, 1.54) is 0 Å². The topological polar surface area (TPSA) is 17.1 Å². The fourth-order valence-corrected chi connectivity index (χ4v) is 9.37. The normalized spacial score (nSPS) is 13.1. The molecule has 0 radical (unpaired) electrons. The summed E-state index contributed by atoms with van der Waals surface area (Å²) in [5, 5.41) is 0. The van der Waals surface area contributed by atoms with Crippen LogP contribution < -0.4 is 0 Å². The molecule has 98 valence electrons. The summed E-state index contributed by atoms with van der Waals surface area (Å²) in [7, 11) is 0. The molecule has 0 aromatic rings. The van der Waals surface area contributed by atoms with E-state index in [4.69, 9.17) is 0 Å². The molecule has 0 aliphatic carbocycles. The third-order valence-corrected chi connectivity index (χ3v) is 11.4. The molecule has 0 aromatic heterocycles. The Hall–Kier alpha value is 0.790. The molecule has 0 aromatic carbocycles. The summed E-state index contributed by atoms with van der Waals surface area (Å²) in [4.78, 5) is 0. The fraction of sp³-hybridized carbons (Fsp3) is 1.00. The van der Waals surface area contributed by atoms with Crippen LogP contribution in [0.15, 0.2) is 0 Å². The summed E-state index contributed by atoms with van der Waals surface area (Å²) < 4.78 is 39.9. The highest BCUT2D eigenvalue weighted by Crippen LogP contribution is 2.78. The Bertz CT molecular complexity index is 227. The maximum Gasteiger partial charge on any atom is 0.316 e. The Labute approximate surface area is 105 Å². The zero-order valence-corrected chi connectivity index (χ0v) is 12.7. The molecular formula is C10H21F2OPS2. The van der Waals surface area contributed by atoms with Crippen molar-refractivity contribution in [3.05, 3.63) is 0 Å². The van der Waals surface area contributed by atoms with Gasteiger partial charge >= 0.3 is 5.66 Å². The molecule has 6 heteroatoms. The van der Waals surface area contributed by atoms with Gasteiger partial charge in [0, 0.05) is 6.42 Å². The quantitative estimate of drug-likeness (QED) is 0.391. The van der Waals surface area contributed by atoms with Gasteiger partial charge in [-0.2, -0.15) is 8.78 Å². The zero-order chi connectivity index (χ0) is 12.7. The van der Waals surface area contributed by atoms with Gasteiger partial charge in [0.2, 0.25) is 0 Å². The second-order valence-corrected chi connectivity index (χ2v) is 12.1. The minimum atomic E-state index is -3.46. The Kier molecular flexibility index (Phi) is 8.39. The fourth-order valence-electron chi connectivity index (χ4n) is 1.29. The molecule has 0 aliphatic heterocycles. The standard InChI is InChI=1S/C10H21F2OPS2/c1-4-7-8-9-10(11,12)14(13,15-5-2)16-6-3/h4-9H2,1-3H3. The largest absolute Gasteiger partial charge is 0.316 e. The maximum atomic E-state index is 13.9. The number of rotatable bonds is 9. The van der Waals surface area contributed by atoms with Gasteiger partial charge in [0.15, 0.2) is 0 Å². The molecule has 0 N–H and O–H groups in total. The molecule has 0 fully saturated rings. The van der Waals surface area contributed by atoms with Gasteiger partial charge in [-0.25, -0.2) is 0 Å². The molecule has 0 rings (SSSR count). The van der Waals surface area contributed by atoms with Crippen LogP contribution in [0.3, 0.4) is 0 Å². The van der Waals surface area contributed by atoms with Crippen LogP contribution in [0.1, 0.15) is 46.5 Å². The third-order valence-electron chi connectivity index (χ3n) is 2.08. The van der Waals surface area contributed by atoms with Crippen molar-refractivity contribution >= 4 is 28.3 Å². The summed E-state index contributed by atoms with van der Waals surface area (Å²) in [6.45, 7) is 5.52. The molecule has 0 amide bonds. The van der Waals surface area contributed by atoms with Crippen molar-refractivity contribution in [2.75, 3.05) is 11.5 Å². The maximum absolute atomic E-state index is 13.9. The Balaban J connectivity index is 4.54. The van der Waals surface area contributed by atoms with E-state index in [0.717, 1.165) is 35.6 Å². The van der Waals surface area contributed by atoms with Crippen LogP contribution in [0, 0.1) is 0 Å².